The maximum absolute atomic E-state index is 12.6. The number of nitriles is 1. The van der Waals surface area contributed by atoms with Crippen molar-refractivity contribution in [2.75, 3.05) is 0 Å². The Morgan fingerprint density at radius 1 is 0.760 bits per heavy atom. The van der Waals surface area contributed by atoms with E-state index in [-0.39, 0.29) is 9.80 Å². The lowest BCUT2D eigenvalue weighted by atomic mass is 10.0. The molecule has 0 unspecified atom stereocenters. The fraction of sp³-hybridized carbons (Fsp3) is 0. The first-order valence-corrected chi connectivity index (χ1v) is 9.17. The summed E-state index contributed by atoms with van der Waals surface area (Å²) < 4.78 is 25.1. The van der Waals surface area contributed by atoms with Gasteiger partial charge in [-0.25, -0.2) is 8.42 Å². The van der Waals surface area contributed by atoms with Crippen LogP contribution in [0.3, 0.4) is 0 Å². The van der Waals surface area contributed by atoms with Crippen molar-refractivity contribution in [3.05, 3.63) is 95.4 Å². The smallest absolute Gasteiger partial charge is 0.216 e. The van der Waals surface area contributed by atoms with E-state index in [2.05, 4.69) is 0 Å². The molecule has 0 heterocycles. The summed E-state index contributed by atoms with van der Waals surface area (Å²) in [5.74, 6) is 0. The maximum Gasteiger partial charge on any atom is 0.216 e. The fourth-order valence-corrected chi connectivity index (χ4v) is 3.63. The van der Waals surface area contributed by atoms with E-state index < -0.39 is 9.84 Å². The molecule has 0 atom stereocenters. The van der Waals surface area contributed by atoms with Crippen LogP contribution in [0, 0.1) is 11.3 Å². The van der Waals surface area contributed by atoms with Gasteiger partial charge < -0.3 is 0 Å². The third kappa shape index (κ3) is 3.68. The van der Waals surface area contributed by atoms with Crippen molar-refractivity contribution < 1.29 is 8.42 Å². The summed E-state index contributed by atoms with van der Waals surface area (Å²) in [6.45, 7) is 0. The van der Waals surface area contributed by atoms with Gasteiger partial charge in [0.1, 0.15) is 11.0 Å². The molecule has 0 saturated carbocycles. The van der Waals surface area contributed by atoms with Crippen LogP contribution in [0.15, 0.2) is 94.7 Å². The molecule has 0 aliphatic carbocycles. The van der Waals surface area contributed by atoms with Crippen molar-refractivity contribution in [2.24, 2.45) is 0 Å². The molecule has 0 bridgehead atoms. The molecule has 0 saturated heterocycles. The second-order valence-corrected chi connectivity index (χ2v) is 7.34. The molecule has 0 fully saturated rings. The Morgan fingerprint density at radius 2 is 1.28 bits per heavy atom. The molecule has 0 N–H and O–H groups in total. The zero-order valence-corrected chi connectivity index (χ0v) is 14.1. The lowest BCUT2D eigenvalue weighted by Crippen LogP contribution is -2.03. The molecular weight excluding hydrogens is 330 g/mol. The largest absolute Gasteiger partial charge is 0.218 e. The minimum absolute atomic E-state index is 0.115. The molecule has 3 aromatic carbocycles. The van der Waals surface area contributed by atoms with Crippen molar-refractivity contribution in [3.63, 3.8) is 0 Å². The van der Waals surface area contributed by atoms with Gasteiger partial charge in [-0.15, -0.1) is 0 Å². The number of hydrogen-bond acceptors (Lipinski definition) is 3. The zero-order valence-electron chi connectivity index (χ0n) is 13.3. The van der Waals surface area contributed by atoms with Gasteiger partial charge in [0.15, 0.2) is 0 Å². The molecule has 3 aromatic rings. The first kappa shape index (κ1) is 16.7. The quantitative estimate of drug-likeness (QED) is 0.644. The maximum atomic E-state index is 12.6. The van der Waals surface area contributed by atoms with Gasteiger partial charge in [-0.05, 0) is 34.9 Å². The van der Waals surface area contributed by atoms with E-state index in [9.17, 15) is 13.7 Å². The highest BCUT2D eigenvalue weighted by Crippen LogP contribution is 2.23. The van der Waals surface area contributed by atoms with Crippen LogP contribution >= 0.6 is 0 Å². The Morgan fingerprint density at radius 3 is 1.84 bits per heavy atom. The standard InChI is InChI=1S/C21H15NO2S/c22-16-21(25(23,24)20-9-5-2-6-10-20)15-17-11-13-19(14-12-17)18-7-3-1-4-8-18/h1-15H. The normalized spacial score (nSPS) is 11.7. The third-order valence-electron chi connectivity index (χ3n) is 3.77. The van der Waals surface area contributed by atoms with Crippen LogP contribution in [0.25, 0.3) is 17.2 Å². The predicted octanol–water partition coefficient (Wildman–Crippen LogP) is 4.69. The van der Waals surface area contributed by atoms with Crippen LogP contribution in [0.4, 0.5) is 0 Å². The fourth-order valence-electron chi connectivity index (χ4n) is 2.45. The Hall–Kier alpha value is -3.16. The van der Waals surface area contributed by atoms with Gasteiger partial charge in [0.25, 0.3) is 0 Å². The minimum atomic E-state index is -3.81. The summed E-state index contributed by atoms with van der Waals surface area (Å²) >= 11 is 0. The van der Waals surface area contributed by atoms with E-state index in [1.807, 2.05) is 48.5 Å². The summed E-state index contributed by atoms with van der Waals surface area (Å²) in [6, 6.07) is 27.1. The van der Waals surface area contributed by atoms with Crippen LogP contribution in [0.5, 0.6) is 0 Å². The average molecular weight is 345 g/mol. The molecule has 3 rings (SSSR count). The van der Waals surface area contributed by atoms with Crippen molar-refractivity contribution >= 4 is 15.9 Å². The Bertz CT molecular complexity index is 1030. The van der Waals surface area contributed by atoms with E-state index in [0.29, 0.717) is 5.56 Å². The highest BCUT2D eigenvalue weighted by Gasteiger charge is 2.20. The minimum Gasteiger partial charge on any atom is -0.218 e. The van der Waals surface area contributed by atoms with Gasteiger partial charge in [-0.3, -0.25) is 0 Å². The second kappa shape index (κ2) is 7.16. The van der Waals surface area contributed by atoms with Gasteiger partial charge in [0.05, 0.1) is 4.90 Å². The van der Waals surface area contributed by atoms with Gasteiger partial charge in [-0.1, -0.05) is 72.8 Å². The Labute approximate surface area is 147 Å². The lowest BCUT2D eigenvalue weighted by Gasteiger charge is -2.04. The van der Waals surface area contributed by atoms with E-state index in [4.69, 9.17) is 0 Å². The molecule has 0 aliphatic heterocycles. The molecule has 0 aliphatic rings. The van der Waals surface area contributed by atoms with Crippen molar-refractivity contribution in [2.45, 2.75) is 4.90 Å². The van der Waals surface area contributed by atoms with E-state index >= 15 is 0 Å². The molecular formula is C21H15NO2S. The molecule has 0 aromatic heterocycles. The summed E-state index contributed by atoms with van der Waals surface area (Å²) in [5.41, 5.74) is 2.77. The van der Waals surface area contributed by atoms with Gasteiger partial charge in [0.2, 0.25) is 9.84 Å². The highest BCUT2D eigenvalue weighted by molar-refractivity contribution is 7.95. The van der Waals surface area contributed by atoms with Gasteiger partial charge in [0, 0.05) is 0 Å². The zero-order chi connectivity index (χ0) is 17.7. The summed E-state index contributed by atoms with van der Waals surface area (Å²) in [4.78, 5) is -0.158. The van der Waals surface area contributed by atoms with E-state index in [0.717, 1.165) is 11.1 Å². The SMILES string of the molecule is N#CC(=Cc1ccc(-c2ccccc2)cc1)S(=O)(=O)c1ccccc1. The van der Waals surface area contributed by atoms with Crippen LogP contribution in [-0.4, -0.2) is 8.42 Å². The van der Waals surface area contributed by atoms with Gasteiger partial charge >= 0.3 is 0 Å². The highest BCUT2D eigenvalue weighted by atomic mass is 32.2. The number of allylic oxidation sites excluding steroid dienone is 1. The molecule has 0 amide bonds. The molecule has 0 spiro atoms. The molecule has 25 heavy (non-hydrogen) atoms. The monoisotopic (exact) mass is 345 g/mol. The van der Waals surface area contributed by atoms with Crippen molar-refractivity contribution in [1.82, 2.24) is 0 Å². The van der Waals surface area contributed by atoms with Crippen LogP contribution in [0.2, 0.25) is 0 Å². The number of nitrogens with zero attached hydrogens (tertiary/aromatic N) is 1. The molecule has 3 nitrogen and oxygen atoms in total. The first-order valence-electron chi connectivity index (χ1n) is 7.69. The Kier molecular flexibility index (Phi) is 4.78. The van der Waals surface area contributed by atoms with Crippen LogP contribution in [-0.2, 0) is 9.84 Å². The van der Waals surface area contributed by atoms with Crippen molar-refractivity contribution in [1.29, 1.82) is 5.26 Å². The number of benzene rings is 3. The molecule has 4 heteroatoms. The van der Waals surface area contributed by atoms with Crippen LogP contribution in [0.1, 0.15) is 5.56 Å². The summed E-state index contributed by atoms with van der Waals surface area (Å²) in [5, 5.41) is 9.32. The summed E-state index contributed by atoms with van der Waals surface area (Å²) in [6.07, 6.45) is 1.40. The average Bonchev–Trinajstić information content (AvgIpc) is 2.68. The third-order valence-corrected chi connectivity index (χ3v) is 5.45. The topological polar surface area (TPSA) is 57.9 Å². The predicted molar refractivity (Wildman–Crippen MR) is 99.1 cm³/mol. The van der Waals surface area contributed by atoms with E-state index in [1.165, 1.54) is 18.2 Å². The van der Waals surface area contributed by atoms with E-state index in [1.54, 1.807) is 30.3 Å². The summed E-state index contributed by atoms with van der Waals surface area (Å²) in [7, 11) is -3.81. The second-order valence-electron chi connectivity index (χ2n) is 5.42. The molecule has 0 radical (unpaired) electrons. The first-order chi connectivity index (χ1) is 12.1. The number of sulfone groups is 1. The molecule has 122 valence electrons. The number of hydrogen-bond donors (Lipinski definition) is 0. The number of rotatable bonds is 4. The van der Waals surface area contributed by atoms with Gasteiger partial charge in [-0.2, -0.15) is 5.26 Å². The van der Waals surface area contributed by atoms with Crippen molar-refractivity contribution in [3.8, 4) is 17.2 Å². The van der Waals surface area contributed by atoms with Crippen LogP contribution < -0.4 is 0 Å². The lowest BCUT2D eigenvalue weighted by molar-refractivity contribution is 0.603. The Balaban J connectivity index is 1.95.